The van der Waals surface area contributed by atoms with Crippen molar-refractivity contribution in [2.24, 2.45) is 0 Å². The second kappa shape index (κ2) is 9.34. The minimum Gasteiger partial charge on any atom is -0.493 e. The molecule has 3 aromatic carbocycles. The number of hydrogen-bond donors (Lipinski definition) is 1. The number of oxazole rings is 1. The van der Waals surface area contributed by atoms with Crippen LogP contribution in [0.5, 0.6) is 11.5 Å². The maximum Gasteiger partial charge on any atom is 0.251 e. The summed E-state index contributed by atoms with van der Waals surface area (Å²) < 4.78 is 16.8. The number of fused-ring (bicyclic) bond motifs is 1. The van der Waals surface area contributed by atoms with Crippen LogP contribution in [0.3, 0.4) is 0 Å². The third kappa shape index (κ3) is 4.86. The van der Waals surface area contributed by atoms with Crippen molar-refractivity contribution in [1.29, 1.82) is 0 Å². The average Bonchev–Trinajstić information content (AvgIpc) is 3.20. The van der Waals surface area contributed by atoms with Crippen LogP contribution < -0.4 is 14.8 Å². The number of hydrogen-bond acceptors (Lipinski definition) is 5. The number of carbonyl (C=O) groups is 1. The van der Waals surface area contributed by atoms with Crippen LogP contribution in [0.2, 0.25) is 0 Å². The molecule has 0 atom stereocenters. The number of aromatic nitrogens is 1. The van der Waals surface area contributed by atoms with Gasteiger partial charge < -0.3 is 19.2 Å². The van der Waals surface area contributed by atoms with E-state index in [2.05, 4.69) is 10.3 Å². The molecule has 0 bridgehead atoms. The van der Waals surface area contributed by atoms with Crippen LogP contribution in [-0.4, -0.2) is 24.6 Å². The van der Waals surface area contributed by atoms with Gasteiger partial charge in [-0.25, -0.2) is 4.98 Å². The lowest BCUT2D eigenvalue weighted by Gasteiger charge is -2.11. The van der Waals surface area contributed by atoms with Gasteiger partial charge in [-0.1, -0.05) is 36.4 Å². The molecule has 6 heteroatoms. The zero-order valence-corrected chi connectivity index (χ0v) is 17.6. The summed E-state index contributed by atoms with van der Waals surface area (Å²) >= 11 is 0. The molecular formula is C25H24N2O4. The molecule has 1 heterocycles. The third-order valence-electron chi connectivity index (χ3n) is 4.87. The third-order valence-corrected chi connectivity index (χ3v) is 4.87. The number of ether oxygens (including phenoxy) is 2. The Morgan fingerprint density at radius 2 is 1.84 bits per heavy atom. The van der Waals surface area contributed by atoms with Crippen LogP contribution in [0.1, 0.15) is 34.3 Å². The molecule has 0 spiro atoms. The second-order valence-electron chi connectivity index (χ2n) is 7.05. The van der Waals surface area contributed by atoms with Gasteiger partial charge >= 0.3 is 0 Å². The summed E-state index contributed by atoms with van der Waals surface area (Å²) in [4.78, 5) is 17.2. The molecule has 0 unspecified atom stereocenters. The summed E-state index contributed by atoms with van der Waals surface area (Å²) in [6.07, 6.45) is 0.608. The molecule has 6 nitrogen and oxygen atoms in total. The molecular weight excluding hydrogens is 392 g/mol. The van der Waals surface area contributed by atoms with Gasteiger partial charge in [-0.2, -0.15) is 0 Å². The van der Waals surface area contributed by atoms with Gasteiger partial charge in [0.25, 0.3) is 5.91 Å². The van der Waals surface area contributed by atoms with Crippen molar-refractivity contribution in [2.75, 3.05) is 13.7 Å². The fraction of sp³-hybridized carbons (Fsp3) is 0.200. The number of carbonyl (C=O) groups excluding carboxylic acids is 1. The van der Waals surface area contributed by atoms with Crippen LogP contribution in [0, 0.1) is 0 Å². The fourth-order valence-electron chi connectivity index (χ4n) is 3.34. The van der Waals surface area contributed by atoms with Crippen molar-refractivity contribution < 1.29 is 18.7 Å². The summed E-state index contributed by atoms with van der Waals surface area (Å²) in [5.41, 5.74) is 3.90. The molecule has 0 aliphatic heterocycles. The van der Waals surface area contributed by atoms with Crippen molar-refractivity contribution in [1.82, 2.24) is 10.3 Å². The Morgan fingerprint density at radius 1 is 1.00 bits per heavy atom. The van der Waals surface area contributed by atoms with Gasteiger partial charge in [-0.05, 0) is 48.4 Å². The fourth-order valence-corrected chi connectivity index (χ4v) is 3.34. The molecule has 0 aliphatic rings. The summed E-state index contributed by atoms with van der Waals surface area (Å²) in [5, 5.41) is 2.94. The number of nitrogens with one attached hydrogen (secondary N) is 1. The molecule has 4 rings (SSSR count). The van der Waals surface area contributed by atoms with Crippen molar-refractivity contribution >= 4 is 17.0 Å². The Hall–Kier alpha value is -3.80. The monoisotopic (exact) mass is 416 g/mol. The Labute approximate surface area is 180 Å². The highest BCUT2D eigenvalue weighted by Crippen LogP contribution is 2.28. The molecule has 0 saturated carbocycles. The summed E-state index contributed by atoms with van der Waals surface area (Å²) in [6, 6.07) is 20.9. The van der Waals surface area contributed by atoms with Gasteiger partial charge in [-0.15, -0.1) is 0 Å². The smallest absolute Gasteiger partial charge is 0.251 e. The van der Waals surface area contributed by atoms with E-state index in [1.54, 1.807) is 19.2 Å². The lowest BCUT2D eigenvalue weighted by molar-refractivity contribution is 0.0951. The van der Waals surface area contributed by atoms with E-state index in [1.807, 2.05) is 61.5 Å². The maximum atomic E-state index is 12.7. The van der Waals surface area contributed by atoms with E-state index in [0.29, 0.717) is 48.1 Å². The molecule has 4 aromatic rings. The van der Waals surface area contributed by atoms with Crippen molar-refractivity contribution in [3.8, 4) is 11.5 Å². The van der Waals surface area contributed by atoms with E-state index >= 15 is 0 Å². The van der Waals surface area contributed by atoms with Gasteiger partial charge in [0.2, 0.25) is 0 Å². The minimum atomic E-state index is -0.184. The molecule has 0 saturated heterocycles. The number of methoxy groups -OCH3 is 1. The largest absolute Gasteiger partial charge is 0.493 e. The lowest BCUT2D eigenvalue weighted by atomic mass is 10.1. The first-order chi connectivity index (χ1) is 15.2. The van der Waals surface area contributed by atoms with E-state index in [0.717, 1.165) is 16.6 Å². The average molecular weight is 416 g/mol. The quantitative estimate of drug-likeness (QED) is 0.448. The van der Waals surface area contributed by atoms with Crippen molar-refractivity contribution in [3.63, 3.8) is 0 Å². The lowest BCUT2D eigenvalue weighted by Crippen LogP contribution is -2.22. The summed E-state index contributed by atoms with van der Waals surface area (Å²) in [7, 11) is 1.60. The first kappa shape index (κ1) is 20.5. The molecule has 0 aliphatic carbocycles. The van der Waals surface area contributed by atoms with E-state index in [4.69, 9.17) is 13.9 Å². The highest BCUT2D eigenvalue weighted by molar-refractivity contribution is 5.97. The molecule has 1 aromatic heterocycles. The van der Waals surface area contributed by atoms with Crippen LogP contribution in [0.4, 0.5) is 0 Å². The van der Waals surface area contributed by atoms with Crippen LogP contribution in [0.25, 0.3) is 11.1 Å². The highest BCUT2D eigenvalue weighted by atomic mass is 16.5. The minimum absolute atomic E-state index is 0.184. The van der Waals surface area contributed by atoms with Gasteiger partial charge in [-0.3, -0.25) is 4.79 Å². The van der Waals surface area contributed by atoms with Crippen LogP contribution in [-0.2, 0) is 13.0 Å². The van der Waals surface area contributed by atoms with Gasteiger partial charge in [0, 0.05) is 18.5 Å². The predicted molar refractivity (Wildman–Crippen MR) is 119 cm³/mol. The van der Waals surface area contributed by atoms with Crippen LogP contribution in [0.15, 0.2) is 71.1 Å². The van der Waals surface area contributed by atoms with E-state index in [-0.39, 0.29) is 5.91 Å². The normalized spacial score (nSPS) is 10.8. The van der Waals surface area contributed by atoms with Gasteiger partial charge in [0.1, 0.15) is 5.52 Å². The standard InChI is InChI=1S/C25H24N2O4/c1-3-30-23-13-18(9-12-21(23)29-2)16-26-25(28)19-10-11-20-22(15-19)31-24(27-20)14-17-7-5-4-6-8-17/h4-13,15H,3,14,16H2,1-2H3,(H,26,28). The van der Waals surface area contributed by atoms with Gasteiger partial charge in [0.15, 0.2) is 23.0 Å². The Bertz CT molecular complexity index is 1180. The Morgan fingerprint density at radius 3 is 2.61 bits per heavy atom. The van der Waals surface area contributed by atoms with E-state index < -0.39 is 0 Å². The van der Waals surface area contributed by atoms with Crippen molar-refractivity contribution in [2.45, 2.75) is 19.9 Å². The van der Waals surface area contributed by atoms with Crippen LogP contribution >= 0.6 is 0 Å². The first-order valence-corrected chi connectivity index (χ1v) is 10.2. The highest BCUT2D eigenvalue weighted by Gasteiger charge is 2.12. The number of amides is 1. The van der Waals surface area contributed by atoms with E-state index in [1.165, 1.54) is 0 Å². The summed E-state index contributed by atoms with van der Waals surface area (Å²) in [6.45, 7) is 2.82. The Balaban J connectivity index is 1.45. The molecule has 158 valence electrons. The zero-order chi connectivity index (χ0) is 21.6. The zero-order valence-electron chi connectivity index (χ0n) is 17.6. The number of benzene rings is 3. The second-order valence-corrected chi connectivity index (χ2v) is 7.05. The molecule has 31 heavy (non-hydrogen) atoms. The Kier molecular flexibility index (Phi) is 6.17. The molecule has 1 N–H and O–H groups in total. The predicted octanol–water partition coefficient (Wildman–Crippen LogP) is 4.76. The summed E-state index contributed by atoms with van der Waals surface area (Å²) in [5.74, 6) is 1.77. The van der Waals surface area contributed by atoms with Crippen molar-refractivity contribution in [3.05, 3.63) is 89.3 Å². The number of rotatable bonds is 8. The topological polar surface area (TPSA) is 73.6 Å². The number of nitrogens with zero attached hydrogens (tertiary/aromatic N) is 1. The SMILES string of the molecule is CCOc1cc(CNC(=O)c2ccc3nc(Cc4ccccc4)oc3c2)ccc1OC. The maximum absolute atomic E-state index is 12.7. The first-order valence-electron chi connectivity index (χ1n) is 10.2. The molecule has 0 fully saturated rings. The molecule has 0 radical (unpaired) electrons. The van der Waals surface area contributed by atoms with E-state index in [9.17, 15) is 4.79 Å². The molecule has 1 amide bonds. The van der Waals surface area contributed by atoms with Gasteiger partial charge in [0.05, 0.1) is 13.7 Å².